The molecule has 0 spiro atoms. The van der Waals surface area contributed by atoms with Crippen molar-refractivity contribution in [2.45, 2.75) is 86.2 Å². The molecule has 5 heteroatoms. The second-order valence-electron chi connectivity index (χ2n) is 9.44. The summed E-state index contributed by atoms with van der Waals surface area (Å²) in [7, 11) is 0. The zero-order chi connectivity index (χ0) is 25.9. The zero-order valence-electron chi connectivity index (χ0n) is 22.3. The molecule has 1 aliphatic rings. The van der Waals surface area contributed by atoms with Crippen molar-refractivity contribution in [3.05, 3.63) is 64.1 Å². The first-order valence-electron chi connectivity index (χ1n) is 12.4. The molecule has 4 nitrogen and oxygen atoms in total. The fraction of sp³-hybridized carbons (Fsp3) is 0.552. The van der Waals surface area contributed by atoms with E-state index in [4.69, 9.17) is 4.74 Å². The first-order chi connectivity index (χ1) is 16.0. The molecule has 1 heterocycles. The molecule has 34 heavy (non-hydrogen) atoms. The minimum atomic E-state index is -0.886. The van der Waals surface area contributed by atoms with E-state index in [1.807, 2.05) is 53.7 Å². The van der Waals surface area contributed by atoms with E-state index in [1.54, 1.807) is 23.9 Å². The number of aryl methyl sites for hydroxylation is 1. The fourth-order valence-electron chi connectivity index (χ4n) is 3.90. The van der Waals surface area contributed by atoms with Gasteiger partial charge < -0.3 is 14.9 Å². The van der Waals surface area contributed by atoms with E-state index in [2.05, 4.69) is 32.1 Å². The molecule has 1 aromatic carbocycles. The van der Waals surface area contributed by atoms with Crippen LogP contribution in [-0.4, -0.2) is 34.6 Å². The lowest BCUT2D eigenvalue weighted by Crippen LogP contribution is -2.32. The van der Waals surface area contributed by atoms with E-state index in [0.29, 0.717) is 12.0 Å². The van der Waals surface area contributed by atoms with Crippen molar-refractivity contribution in [3.8, 4) is 5.75 Å². The molecule has 0 saturated heterocycles. The van der Waals surface area contributed by atoms with Crippen LogP contribution < -0.4 is 4.74 Å². The van der Waals surface area contributed by atoms with E-state index >= 15 is 0 Å². The standard InChI is InChI=1S/C27H38O4S.C2H6/c1-7-27(8-2,24-13-9-11-20(25(29)30)12-10-16-32-24)21-14-15-22(19(3)17-21)31-18-23(28)26(4,5)6;1-2/h10-15,17,23,28H,7-9,16,18H2,1-6H3,(H,29,30);1-2H3/b12-10-,20-11+,24-13-;. The maximum atomic E-state index is 11.4. The molecular formula is C29H44O4S. The highest BCUT2D eigenvalue weighted by Crippen LogP contribution is 2.45. The molecule has 0 bridgehead atoms. The Labute approximate surface area is 211 Å². The predicted molar refractivity (Wildman–Crippen MR) is 146 cm³/mol. The fourth-order valence-corrected chi connectivity index (χ4v) is 5.17. The van der Waals surface area contributed by atoms with Crippen LogP contribution in [0.15, 0.2) is 53.0 Å². The van der Waals surface area contributed by atoms with Crippen molar-refractivity contribution in [1.29, 1.82) is 0 Å². The van der Waals surface area contributed by atoms with Gasteiger partial charge in [-0.1, -0.05) is 84.9 Å². The molecule has 1 aromatic rings. The minimum Gasteiger partial charge on any atom is -0.491 e. The van der Waals surface area contributed by atoms with Crippen LogP contribution in [0.2, 0.25) is 0 Å². The summed E-state index contributed by atoms with van der Waals surface area (Å²) in [5.41, 5.74) is 2.28. The van der Waals surface area contributed by atoms with Gasteiger partial charge in [0, 0.05) is 11.2 Å². The summed E-state index contributed by atoms with van der Waals surface area (Å²) in [4.78, 5) is 12.7. The van der Waals surface area contributed by atoms with E-state index in [1.165, 1.54) is 10.5 Å². The summed E-state index contributed by atoms with van der Waals surface area (Å²) in [5.74, 6) is 0.651. The smallest absolute Gasteiger partial charge is 0.335 e. The molecule has 2 N–H and O–H groups in total. The van der Waals surface area contributed by atoms with Gasteiger partial charge in [-0.3, -0.25) is 0 Å². The summed E-state index contributed by atoms with van der Waals surface area (Å²) < 4.78 is 5.95. The molecule has 190 valence electrons. The van der Waals surface area contributed by atoms with Gasteiger partial charge in [-0.05, 0) is 53.7 Å². The number of carboxylic acid groups (broad SMARTS) is 1. The maximum absolute atomic E-state index is 11.4. The Balaban J connectivity index is 0.00000281. The van der Waals surface area contributed by atoms with Gasteiger partial charge in [0.15, 0.2) is 0 Å². The second kappa shape index (κ2) is 13.8. The van der Waals surface area contributed by atoms with E-state index < -0.39 is 12.1 Å². The zero-order valence-corrected chi connectivity index (χ0v) is 23.1. The summed E-state index contributed by atoms with van der Waals surface area (Å²) in [5, 5.41) is 19.7. The van der Waals surface area contributed by atoms with E-state index in [9.17, 15) is 15.0 Å². The number of aliphatic hydroxyl groups excluding tert-OH is 1. The summed E-state index contributed by atoms with van der Waals surface area (Å²) in [6.45, 7) is 16.7. The van der Waals surface area contributed by atoms with Crippen LogP contribution in [0.25, 0.3) is 0 Å². The quantitative estimate of drug-likeness (QED) is 0.398. The molecule has 0 aliphatic carbocycles. The van der Waals surface area contributed by atoms with Crippen LogP contribution in [-0.2, 0) is 10.2 Å². The molecule has 1 aliphatic heterocycles. The van der Waals surface area contributed by atoms with E-state index in [0.717, 1.165) is 29.9 Å². The Kier molecular flexibility index (Phi) is 12.2. The highest BCUT2D eigenvalue weighted by molar-refractivity contribution is 8.03. The van der Waals surface area contributed by atoms with Crippen molar-refractivity contribution < 1.29 is 19.7 Å². The van der Waals surface area contributed by atoms with Crippen molar-refractivity contribution >= 4 is 17.7 Å². The highest BCUT2D eigenvalue weighted by atomic mass is 32.2. The van der Waals surface area contributed by atoms with Crippen molar-refractivity contribution in [2.24, 2.45) is 5.41 Å². The lowest BCUT2D eigenvalue weighted by atomic mass is 9.74. The topological polar surface area (TPSA) is 66.8 Å². The van der Waals surface area contributed by atoms with Crippen molar-refractivity contribution in [3.63, 3.8) is 0 Å². The average Bonchev–Trinajstić information content (AvgIpc) is 2.93. The summed E-state index contributed by atoms with van der Waals surface area (Å²) >= 11 is 1.79. The second-order valence-corrected chi connectivity index (χ2v) is 10.5. The molecule has 0 amide bonds. The summed E-state index contributed by atoms with van der Waals surface area (Å²) in [6, 6.07) is 6.36. The number of aliphatic hydroxyl groups is 1. The van der Waals surface area contributed by atoms with Gasteiger partial charge in [0.25, 0.3) is 0 Å². The molecular weight excluding hydrogens is 444 g/mol. The largest absolute Gasteiger partial charge is 0.491 e. The third-order valence-corrected chi connectivity index (χ3v) is 7.55. The molecule has 0 radical (unpaired) electrons. The Morgan fingerprint density at radius 3 is 2.32 bits per heavy atom. The first-order valence-corrected chi connectivity index (χ1v) is 13.4. The SMILES string of the molecule is CC.CCC(CC)(/C1=C/C/C=C(C(=O)O)\C=C/CS1)c1ccc(OCC(O)C(C)(C)C)c(C)c1. The minimum absolute atomic E-state index is 0.131. The molecule has 0 saturated carbocycles. The molecule has 2 rings (SSSR count). The van der Waals surface area contributed by atoms with Crippen LogP contribution >= 0.6 is 11.8 Å². The van der Waals surface area contributed by atoms with Gasteiger partial charge in [0.2, 0.25) is 0 Å². The van der Waals surface area contributed by atoms with E-state index in [-0.39, 0.29) is 17.4 Å². The van der Waals surface area contributed by atoms with Crippen molar-refractivity contribution in [1.82, 2.24) is 0 Å². The van der Waals surface area contributed by atoms with Crippen LogP contribution in [0.5, 0.6) is 5.75 Å². The number of carbonyl (C=O) groups is 1. The molecule has 0 aromatic heterocycles. The van der Waals surface area contributed by atoms with Gasteiger partial charge in [0.05, 0.1) is 11.7 Å². The predicted octanol–water partition coefficient (Wildman–Crippen LogP) is 7.45. The van der Waals surface area contributed by atoms with Crippen LogP contribution in [0, 0.1) is 12.3 Å². The van der Waals surface area contributed by atoms with Crippen LogP contribution in [0.1, 0.15) is 78.9 Å². The third kappa shape index (κ3) is 7.78. The third-order valence-electron chi connectivity index (χ3n) is 6.32. The number of hydrogen-bond acceptors (Lipinski definition) is 4. The Morgan fingerprint density at radius 1 is 1.15 bits per heavy atom. The number of carboxylic acids is 1. The lowest BCUT2D eigenvalue weighted by Gasteiger charge is -2.35. The van der Waals surface area contributed by atoms with Gasteiger partial charge in [-0.15, -0.1) is 11.8 Å². The number of aliphatic carboxylic acids is 1. The van der Waals surface area contributed by atoms with Crippen molar-refractivity contribution in [2.75, 3.05) is 12.4 Å². The maximum Gasteiger partial charge on any atom is 0.335 e. The normalized spacial score (nSPS) is 19.6. The Hall–Kier alpha value is -1.98. The first kappa shape index (κ1) is 30.1. The van der Waals surface area contributed by atoms with Gasteiger partial charge in [-0.2, -0.15) is 0 Å². The summed E-state index contributed by atoms with van der Waals surface area (Å²) in [6.07, 6.45) is 9.56. The Morgan fingerprint density at radius 2 is 1.79 bits per heavy atom. The number of hydrogen-bond donors (Lipinski definition) is 2. The van der Waals surface area contributed by atoms with Gasteiger partial charge >= 0.3 is 5.97 Å². The highest BCUT2D eigenvalue weighted by Gasteiger charge is 2.33. The van der Waals surface area contributed by atoms with Gasteiger partial charge in [0.1, 0.15) is 12.4 Å². The van der Waals surface area contributed by atoms with Crippen LogP contribution in [0.3, 0.4) is 0 Å². The lowest BCUT2D eigenvalue weighted by molar-refractivity contribution is -0.132. The average molecular weight is 489 g/mol. The number of benzene rings is 1. The van der Waals surface area contributed by atoms with Crippen LogP contribution in [0.4, 0.5) is 0 Å². The Bertz CT molecular complexity index is 886. The number of allylic oxidation sites excluding steroid dienone is 3. The molecule has 0 fully saturated rings. The number of thioether (sulfide) groups is 1. The number of rotatable bonds is 8. The monoisotopic (exact) mass is 488 g/mol. The molecule has 1 atom stereocenters. The molecule has 1 unspecified atom stereocenters. The van der Waals surface area contributed by atoms with Gasteiger partial charge in [-0.25, -0.2) is 4.79 Å². The number of ether oxygens (including phenoxy) is 1.